The van der Waals surface area contributed by atoms with Gasteiger partial charge in [-0.1, -0.05) is 12.1 Å². The molecule has 0 aromatic heterocycles. The van der Waals surface area contributed by atoms with Crippen molar-refractivity contribution in [3.8, 4) is 5.75 Å². The van der Waals surface area contributed by atoms with Gasteiger partial charge in [0, 0.05) is 6.54 Å². The van der Waals surface area contributed by atoms with Crippen molar-refractivity contribution in [2.45, 2.75) is 32.5 Å². The van der Waals surface area contributed by atoms with Crippen LogP contribution in [-0.4, -0.2) is 36.9 Å². The molecule has 1 atom stereocenters. The molecule has 0 aliphatic carbocycles. The molecule has 0 amide bonds. The van der Waals surface area contributed by atoms with Crippen molar-refractivity contribution >= 4 is 5.97 Å². The molecule has 1 unspecified atom stereocenters. The number of aliphatic hydroxyl groups is 1. The first-order valence-corrected chi connectivity index (χ1v) is 6.59. The average molecular weight is 281 g/mol. The second-order valence-corrected chi connectivity index (χ2v) is 5.52. The van der Waals surface area contributed by atoms with Crippen molar-refractivity contribution in [3.63, 3.8) is 0 Å². The minimum atomic E-state index is -0.556. The Bertz CT molecular complexity index is 422. The third-order valence-corrected chi connectivity index (χ3v) is 2.44. The fourth-order valence-electron chi connectivity index (χ4n) is 1.61. The molecule has 0 aliphatic heterocycles. The van der Waals surface area contributed by atoms with Crippen LogP contribution in [0.4, 0.5) is 0 Å². The summed E-state index contributed by atoms with van der Waals surface area (Å²) in [6.45, 7) is 5.78. The van der Waals surface area contributed by atoms with E-state index in [-0.39, 0.29) is 6.61 Å². The number of esters is 1. The summed E-state index contributed by atoms with van der Waals surface area (Å²) in [5, 5.41) is 12.7. The number of carbonyl (C=O) groups is 1. The molecule has 0 fully saturated rings. The Kier molecular flexibility index (Phi) is 5.98. The van der Waals surface area contributed by atoms with Crippen molar-refractivity contribution in [1.29, 1.82) is 0 Å². The molecule has 0 bridgehead atoms. The standard InChI is InChI=1S/C15H23NO4/c1-15(2,3)20-14(18)10-19-12-7-5-11(6-8-12)13(17)9-16-4/h5-8,13,16-17H,9-10H2,1-4H3. The number of hydrogen-bond donors (Lipinski definition) is 2. The van der Waals surface area contributed by atoms with Gasteiger partial charge in [-0.15, -0.1) is 0 Å². The lowest BCUT2D eigenvalue weighted by atomic mass is 10.1. The van der Waals surface area contributed by atoms with E-state index in [2.05, 4.69) is 5.32 Å². The monoisotopic (exact) mass is 281 g/mol. The predicted molar refractivity (Wildman–Crippen MR) is 76.7 cm³/mol. The molecule has 0 saturated heterocycles. The van der Waals surface area contributed by atoms with Crippen LogP contribution in [0.25, 0.3) is 0 Å². The Morgan fingerprint density at radius 3 is 2.40 bits per heavy atom. The van der Waals surface area contributed by atoms with Gasteiger partial charge in [0.05, 0.1) is 6.10 Å². The van der Waals surface area contributed by atoms with Crippen molar-refractivity contribution in [3.05, 3.63) is 29.8 Å². The molecule has 0 saturated carbocycles. The number of benzene rings is 1. The topological polar surface area (TPSA) is 67.8 Å². The highest BCUT2D eigenvalue weighted by atomic mass is 16.6. The van der Waals surface area contributed by atoms with Crippen LogP contribution < -0.4 is 10.1 Å². The van der Waals surface area contributed by atoms with Gasteiger partial charge in [-0.05, 0) is 45.5 Å². The second-order valence-electron chi connectivity index (χ2n) is 5.52. The molecule has 112 valence electrons. The van der Waals surface area contributed by atoms with Gasteiger partial charge in [0.15, 0.2) is 6.61 Å². The highest BCUT2D eigenvalue weighted by Crippen LogP contribution is 2.17. The van der Waals surface area contributed by atoms with E-state index in [4.69, 9.17) is 9.47 Å². The van der Waals surface area contributed by atoms with Crippen LogP contribution in [0, 0.1) is 0 Å². The van der Waals surface area contributed by atoms with E-state index in [9.17, 15) is 9.90 Å². The van der Waals surface area contributed by atoms with Crippen molar-refractivity contribution in [2.75, 3.05) is 20.2 Å². The lowest BCUT2D eigenvalue weighted by Gasteiger charge is -2.19. The molecular weight excluding hydrogens is 258 g/mol. The fraction of sp³-hybridized carbons (Fsp3) is 0.533. The van der Waals surface area contributed by atoms with E-state index in [1.165, 1.54) is 0 Å². The lowest BCUT2D eigenvalue weighted by molar-refractivity contribution is -0.157. The third kappa shape index (κ3) is 6.04. The fourth-order valence-corrected chi connectivity index (χ4v) is 1.61. The van der Waals surface area contributed by atoms with Crippen molar-refractivity contribution in [2.24, 2.45) is 0 Å². The molecule has 0 radical (unpaired) electrons. The first kappa shape index (κ1) is 16.5. The van der Waals surface area contributed by atoms with Crippen LogP contribution in [0.3, 0.4) is 0 Å². The highest BCUT2D eigenvalue weighted by molar-refractivity contribution is 5.71. The molecule has 0 heterocycles. The normalized spacial score (nSPS) is 12.8. The minimum absolute atomic E-state index is 0.129. The Morgan fingerprint density at radius 2 is 1.90 bits per heavy atom. The molecule has 5 heteroatoms. The zero-order chi connectivity index (χ0) is 15.2. The number of ether oxygens (including phenoxy) is 2. The summed E-state index contributed by atoms with van der Waals surface area (Å²) in [6.07, 6.45) is -0.556. The van der Waals surface area contributed by atoms with E-state index < -0.39 is 17.7 Å². The van der Waals surface area contributed by atoms with Gasteiger partial charge in [0.1, 0.15) is 11.4 Å². The first-order chi connectivity index (χ1) is 9.31. The van der Waals surface area contributed by atoms with Crippen LogP contribution >= 0.6 is 0 Å². The third-order valence-electron chi connectivity index (χ3n) is 2.44. The smallest absolute Gasteiger partial charge is 0.344 e. The van der Waals surface area contributed by atoms with Crippen molar-refractivity contribution < 1.29 is 19.4 Å². The van der Waals surface area contributed by atoms with Gasteiger partial charge >= 0.3 is 5.97 Å². The molecule has 5 nitrogen and oxygen atoms in total. The van der Waals surface area contributed by atoms with Crippen LogP contribution in [0.1, 0.15) is 32.4 Å². The number of hydrogen-bond acceptors (Lipinski definition) is 5. The van der Waals surface area contributed by atoms with Gasteiger partial charge in [-0.25, -0.2) is 4.79 Å². The summed E-state index contributed by atoms with van der Waals surface area (Å²) >= 11 is 0. The van der Waals surface area contributed by atoms with Crippen LogP contribution in [0.2, 0.25) is 0 Å². The average Bonchev–Trinajstić information content (AvgIpc) is 2.35. The molecule has 1 aromatic carbocycles. The molecule has 1 aromatic rings. The van der Waals surface area contributed by atoms with Crippen LogP contribution in [-0.2, 0) is 9.53 Å². The van der Waals surface area contributed by atoms with E-state index in [0.29, 0.717) is 12.3 Å². The van der Waals surface area contributed by atoms with Gasteiger partial charge < -0.3 is 19.9 Å². The molecule has 0 spiro atoms. The minimum Gasteiger partial charge on any atom is -0.482 e. The predicted octanol–water partition coefficient (Wildman–Crippen LogP) is 1.66. The molecule has 1 rings (SSSR count). The maximum atomic E-state index is 11.5. The maximum absolute atomic E-state index is 11.5. The van der Waals surface area contributed by atoms with Gasteiger partial charge in [0.25, 0.3) is 0 Å². The van der Waals surface area contributed by atoms with E-state index >= 15 is 0 Å². The number of nitrogens with one attached hydrogen (secondary N) is 1. The zero-order valence-corrected chi connectivity index (χ0v) is 12.5. The number of carbonyl (C=O) groups excluding carboxylic acids is 1. The quantitative estimate of drug-likeness (QED) is 0.776. The Morgan fingerprint density at radius 1 is 1.30 bits per heavy atom. The maximum Gasteiger partial charge on any atom is 0.344 e. The lowest BCUT2D eigenvalue weighted by Crippen LogP contribution is -2.27. The van der Waals surface area contributed by atoms with Gasteiger partial charge in [-0.2, -0.15) is 0 Å². The summed E-state index contributed by atoms with van der Waals surface area (Å²) in [7, 11) is 1.78. The van der Waals surface area contributed by atoms with E-state index in [1.807, 2.05) is 20.8 Å². The highest BCUT2D eigenvalue weighted by Gasteiger charge is 2.16. The molecule has 20 heavy (non-hydrogen) atoms. The Labute approximate surface area is 119 Å². The molecule has 2 N–H and O–H groups in total. The second kappa shape index (κ2) is 7.26. The Hall–Kier alpha value is -1.59. The summed E-state index contributed by atoms with van der Waals surface area (Å²) in [4.78, 5) is 11.5. The molecular formula is C15H23NO4. The van der Waals surface area contributed by atoms with Crippen LogP contribution in [0.5, 0.6) is 5.75 Å². The first-order valence-electron chi connectivity index (χ1n) is 6.59. The molecule has 0 aliphatic rings. The largest absolute Gasteiger partial charge is 0.482 e. The zero-order valence-electron chi connectivity index (χ0n) is 12.5. The summed E-state index contributed by atoms with van der Waals surface area (Å²) < 4.78 is 10.5. The van der Waals surface area contributed by atoms with Gasteiger partial charge in [-0.3, -0.25) is 0 Å². The summed E-state index contributed by atoms with van der Waals surface area (Å²) in [5.41, 5.74) is 0.283. The van der Waals surface area contributed by atoms with Gasteiger partial charge in [0.2, 0.25) is 0 Å². The van der Waals surface area contributed by atoms with Crippen LogP contribution in [0.15, 0.2) is 24.3 Å². The summed E-state index contributed by atoms with van der Waals surface area (Å²) in [6, 6.07) is 6.98. The number of rotatable bonds is 6. The van der Waals surface area contributed by atoms with E-state index in [1.54, 1.807) is 31.3 Å². The van der Waals surface area contributed by atoms with E-state index in [0.717, 1.165) is 5.56 Å². The Balaban J connectivity index is 2.48. The summed E-state index contributed by atoms with van der Waals surface area (Å²) in [5.74, 6) is 0.160. The number of aliphatic hydroxyl groups excluding tert-OH is 1. The SMILES string of the molecule is CNCC(O)c1ccc(OCC(=O)OC(C)(C)C)cc1. The number of likely N-dealkylation sites (N-methyl/N-ethyl adjacent to an activating group) is 1. The van der Waals surface area contributed by atoms with Crippen molar-refractivity contribution in [1.82, 2.24) is 5.32 Å².